The van der Waals surface area contributed by atoms with E-state index in [9.17, 15) is 9.59 Å². The molecule has 1 atom stereocenters. The number of methoxy groups -OCH3 is 1. The molecule has 3 rings (SSSR count). The molecule has 1 unspecified atom stereocenters. The van der Waals surface area contributed by atoms with Crippen molar-refractivity contribution in [2.24, 2.45) is 5.73 Å². The minimum Gasteiger partial charge on any atom is -0.497 e. The number of fused-ring (bicyclic) bond motifs is 1. The number of nitrogens with one attached hydrogen (secondary N) is 1. The number of aldehydes is 1. The highest BCUT2D eigenvalue weighted by Crippen LogP contribution is 2.37. The Morgan fingerprint density at radius 1 is 1.31 bits per heavy atom. The molecular weight excluding hydrogens is 370 g/mol. The second-order valence-corrected chi connectivity index (χ2v) is 6.91. The first kappa shape index (κ1) is 20.4. The zero-order valence-corrected chi connectivity index (χ0v) is 16.4. The third-order valence-corrected chi connectivity index (χ3v) is 5.06. The van der Waals surface area contributed by atoms with E-state index in [1.54, 1.807) is 18.1 Å². The van der Waals surface area contributed by atoms with Gasteiger partial charge in [0.05, 0.1) is 13.7 Å². The summed E-state index contributed by atoms with van der Waals surface area (Å²) in [4.78, 5) is 25.1. The summed E-state index contributed by atoms with van der Waals surface area (Å²) in [5.74, 6) is 1.53. The van der Waals surface area contributed by atoms with Crippen LogP contribution in [0.4, 0.5) is 5.69 Å². The van der Waals surface area contributed by atoms with Crippen LogP contribution in [0, 0.1) is 5.41 Å². The van der Waals surface area contributed by atoms with Crippen molar-refractivity contribution in [1.29, 1.82) is 5.41 Å². The zero-order chi connectivity index (χ0) is 20.8. The van der Waals surface area contributed by atoms with E-state index >= 15 is 0 Å². The number of rotatable bonds is 9. The molecule has 1 aliphatic rings. The van der Waals surface area contributed by atoms with Crippen LogP contribution in [0.3, 0.4) is 0 Å². The smallest absolute Gasteiger partial charge is 0.227 e. The van der Waals surface area contributed by atoms with Gasteiger partial charge in [-0.1, -0.05) is 0 Å². The number of hydrogen-bond acceptors (Lipinski definition) is 5. The molecule has 7 heteroatoms. The lowest BCUT2D eigenvalue weighted by Gasteiger charge is -2.24. The van der Waals surface area contributed by atoms with E-state index in [-0.39, 0.29) is 30.5 Å². The summed E-state index contributed by atoms with van der Waals surface area (Å²) in [6.07, 6.45) is 1.81. The molecule has 29 heavy (non-hydrogen) atoms. The van der Waals surface area contributed by atoms with Gasteiger partial charge in [-0.25, -0.2) is 0 Å². The maximum atomic E-state index is 12.7. The molecule has 7 nitrogen and oxygen atoms in total. The van der Waals surface area contributed by atoms with Crippen molar-refractivity contribution in [2.45, 2.75) is 25.2 Å². The molecule has 0 aromatic heterocycles. The van der Waals surface area contributed by atoms with E-state index in [1.807, 2.05) is 36.4 Å². The molecule has 1 aliphatic heterocycles. The number of nitrogens with two attached hydrogens (primary N) is 1. The van der Waals surface area contributed by atoms with Gasteiger partial charge in [-0.15, -0.1) is 0 Å². The molecule has 0 saturated heterocycles. The molecule has 152 valence electrons. The average Bonchev–Trinajstić information content (AvgIpc) is 3.15. The summed E-state index contributed by atoms with van der Waals surface area (Å²) in [5, 5.41) is 7.65. The van der Waals surface area contributed by atoms with E-state index < -0.39 is 0 Å². The molecule has 2 aromatic carbocycles. The number of carbonyl (C=O) groups excluding carboxylic acids is 2. The Balaban J connectivity index is 1.77. The topological polar surface area (TPSA) is 106 Å². The van der Waals surface area contributed by atoms with Gasteiger partial charge in [0.15, 0.2) is 0 Å². The van der Waals surface area contributed by atoms with E-state index in [1.165, 1.54) is 0 Å². The predicted octanol–water partition coefficient (Wildman–Crippen LogP) is 2.86. The monoisotopic (exact) mass is 395 g/mol. The van der Waals surface area contributed by atoms with E-state index in [4.69, 9.17) is 20.6 Å². The normalized spacial score (nSPS) is 14.6. The number of nitrogen functional groups attached to an aromatic ring is 1. The van der Waals surface area contributed by atoms with Gasteiger partial charge in [-0.05, 0) is 48.9 Å². The largest absolute Gasteiger partial charge is 0.497 e. The third-order valence-electron chi connectivity index (χ3n) is 5.06. The fourth-order valence-electron chi connectivity index (χ4n) is 3.45. The highest BCUT2D eigenvalue weighted by molar-refractivity contribution is 5.95. The van der Waals surface area contributed by atoms with Crippen LogP contribution in [0.5, 0.6) is 11.5 Å². The first-order chi connectivity index (χ1) is 14.0. The molecule has 3 N–H and O–H groups in total. The quantitative estimate of drug-likeness (QED) is 0.386. The maximum absolute atomic E-state index is 12.7. The lowest BCUT2D eigenvalue weighted by atomic mass is 9.95. The number of benzene rings is 2. The van der Waals surface area contributed by atoms with E-state index in [2.05, 4.69) is 0 Å². The van der Waals surface area contributed by atoms with Crippen LogP contribution in [0.1, 0.15) is 36.3 Å². The molecule has 0 saturated carbocycles. The van der Waals surface area contributed by atoms with Crippen LogP contribution in [0.25, 0.3) is 0 Å². The number of amidine groups is 1. The van der Waals surface area contributed by atoms with E-state index in [0.717, 1.165) is 23.3 Å². The van der Waals surface area contributed by atoms with Gasteiger partial charge >= 0.3 is 0 Å². The standard InChI is InChI=1S/C22H25N3O4/c1-28-18-7-5-17(6-8-18)25(21(27)3-2-12-26)11-10-16-14-29-20-9-4-15(22(23)24)13-19(16)20/h4-9,12-13,16H,2-3,10-11,14H2,1H3,(H3,23,24). The van der Waals surface area contributed by atoms with Crippen LogP contribution >= 0.6 is 0 Å². The predicted molar refractivity (Wildman–Crippen MR) is 111 cm³/mol. The maximum Gasteiger partial charge on any atom is 0.227 e. The summed E-state index contributed by atoms with van der Waals surface area (Å²) in [6.45, 7) is 1.01. The van der Waals surface area contributed by atoms with E-state index in [0.29, 0.717) is 30.9 Å². The average molecular weight is 395 g/mol. The minimum atomic E-state index is -0.0982. The second-order valence-electron chi connectivity index (χ2n) is 6.91. The van der Waals surface area contributed by atoms with Gasteiger partial charge in [0, 0.05) is 42.1 Å². The Labute approximate surface area is 169 Å². The van der Waals surface area contributed by atoms with Gasteiger partial charge in [-0.2, -0.15) is 0 Å². The van der Waals surface area contributed by atoms with Crippen molar-refractivity contribution >= 4 is 23.7 Å². The fourth-order valence-corrected chi connectivity index (χ4v) is 3.45. The van der Waals surface area contributed by atoms with Crippen molar-refractivity contribution in [3.05, 3.63) is 53.6 Å². The lowest BCUT2D eigenvalue weighted by Crippen LogP contribution is -2.32. The number of ether oxygens (including phenoxy) is 2. The third kappa shape index (κ3) is 4.74. The molecule has 0 spiro atoms. The summed E-state index contributed by atoms with van der Waals surface area (Å²) in [6, 6.07) is 12.8. The van der Waals surface area contributed by atoms with Crippen molar-refractivity contribution < 1.29 is 19.1 Å². The molecule has 0 aliphatic carbocycles. The molecule has 1 amide bonds. The summed E-state index contributed by atoms with van der Waals surface area (Å²) >= 11 is 0. The Kier molecular flexibility index (Phi) is 6.49. The van der Waals surface area contributed by atoms with Crippen LogP contribution in [0.15, 0.2) is 42.5 Å². The Morgan fingerprint density at radius 2 is 2.07 bits per heavy atom. The van der Waals surface area contributed by atoms with Crippen molar-refractivity contribution in [3.63, 3.8) is 0 Å². The molecule has 1 heterocycles. The minimum absolute atomic E-state index is 0.0161. The van der Waals surface area contributed by atoms with Gasteiger partial charge in [0.1, 0.15) is 23.6 Å². The summed E-state index contributed by atoms with van der Waals surface area (Å²) in [7, 11) is 1.59. The highest BCUT2D eigenvalue weighted by atomic mass is 16.5. The Morgan fingerprint density at radius 3 is 2.72 bits per heavy atom. The SMILES string of the molecule is COc1ccc(N(CCC2COc3ccc(C(=N)N)cc32)C(=O)CCC=O)cc1. The highest BCUT2D eigenvalue weighted by Gasteiger charge is 2.26. The number of amides is 1. The molecule has 0 bridgehead atoms. The Hall–Kier alpha value is -3.35. The van der Waals surface area contributed by atoms with Gasteiger partial charge in [0.2, 0.25) is 5.91 Å². The van der Waals surface area contributed by atoms with Gasteiger partial charge in [-0.3, -0.25) is 10.2 Å². The number of nitrogens with zero attached hydrogens (tertiary/aromatic N) is 1. The first-order valence-corrected chi connectivity index (χ1v) is 9.52. The summed E-state index contributed by atoms with van der Waals surface area (Å²) < 4.78 is 11.0. The van der Waals surface area contributed by atoms with Crippen molar-refractivity contribution in [1.82, 2.24) is 0 Å². The first-order valence-electron chi connectivity index (χ1n) is 9.52. The molecule has 2 aromatic rings. The molecular formula is C22H25N3O4. The zero-order valence-electron chi connectivity index (χ0n) is 16.4. The fraction of sp³-hybridized carbons (Fsp3) is 0.318. The van der Waals surface area contributed by atoms with Crippen molar-refractivity contribution in [3.8, 4) is 11.5 Å². The van der Waals surface area contributed by atoms with Crippen LogP contribution < -0.4 is 20.1 Å². The van der Waals surface area contributed by atoms with Crippen LogP contribution in [-0.2, 0) is 9.59 Å². The van der Waals surface area contributed by atoms with Gasteiger partial charge < -0.3 is 24.9 Å². The molecule has 0 radical (unpaired) electrons. The molecule has 0 fully saturated rings. The Bertz CT molecular complexity index is 895. The number of hydrogen-bond donors (Lipinski definition) is 2. The number of carbonyl (C=O) groups is 2. The van der Waals surface area contributed by atoms with Crippen LogP contribution in [0.2, 0.25) is 0 Å². The second kappa shape index (κ2) is 9.23. The van der Waals surface area contributed by atoms with Crippen LogP contribution in [-0.4, -0.2) is 38.3 Å². The lowest BCUT2D eigenvalue weighted by molar-refractivity contribution is -0.120. The number of anilines is 1. The van der Waals surface area contributed by atoms with Gasteiger partial charge in [0.25, 0.3) is 0 Å². The summed E-state index contributed by atoms with van der Waals surface area (Å²) in [5.41, 5.74) is 8.04. The van der Waals surface area contributed by atoms with Crippen molar-refractivity contribution in [2.75, 3.05) is 25.2 Å².